The van der Waals surface area contributed by atoms with Crippen LogP contribution in [0.4, 0.5) is 0 Å². The van der Waals surface area contributed by atoms with Crippen LogP contribution in [0.5, 0.6) is 0 Å². The molecular formula is C24H43NO2. The van der Waals surface area contributed by atoms with Gasteiger partial charge in [-0.2, -0.15) is 0 Å². The van der Waals surface area contributed by atoms with E-state index in [4.69, 9.17) is 0 Å². The largest absolute Gasteiger partial charge is 0.356 e. The number of carbonyl (C=O) groups is 2. The Morgan fingerprint density at radius 3 is 2.11 bits per heavy atom. The van der Waals surface area contributed by atoms with Gasteiger partial charge in [0.2, 0.25) is 5.91 Å². The summed E-state index contributed by atoms with van der Waals surface area (Å²) < 4.78 is 0. The Bertz CT molecular complexity index is 463. The van der Waals surface area contributed by atoms with E-state index in [1.165, 1.54) is 50.5 Å². The third-order valence-corrected chi connectivity index (χ3v) is 5.05. The van der Waals surface area contributed by atoms with Crippen molar-refractivity contribution in [3.8, 4) is 0 Å². The van der Waals surface area contributed by atoms with E-state index >= 15 is 0 Å². The zero-order valence-electron chi connectivity index (χ0n) is 18.4. The number of Topliss-reactive ketones (excluding diaryl/α,β-unsaturated/α-hetero) is 1. The lowest BCUT2D eigenvalue weighted by molar-refractivity contribution is -0.121. The zero-order chi connectivity index (χ0) is 20.3. The van der Waals surface area contributed by atoms with E-state index in [1.54, 1.807) is 12.5 Å². The molecule has 0 heterocycles. The van der Waals surface area contributed by atoms with Crippen LogP contribution >= 0.6 is 0 Å². The number of allylic oxidation sites excluding steroid dienone is 4. The Balaban J connectivity index is 3.55. The second-order valence-electron chi connectivity index (χ2n) is 7.80. The Hall–Kier alpha value is -1.38. The Morgan fingerprint density at radius 1 is 0.741 bits per heavy atom. The highest BCUT2D eigenvalue weighted by atomic mass is 16.1. The van der Waals surface area contributed by atoms with E-state index in [-0.39, 0.29) is 11.7 Å². The molecule has 1 N–H and O–H groups in total. The molecule has 27 heavy (non-hydrogen) atoms. The quantitative estimate of drug-likeness (QED) is 0.227. The molecule has 1 amide bonds. The normalized spacial score (nSPS) is 12.3. The highest BCUT2D eigenvalue weighted by molar-refractivity contribution is 5.78. The standard InChI is InChI=1S/C24H43NO2/c1-5-6-13-16-21(2)22(3)17-14-11-9-7-8-10-12-15-18-24(27)25-20-19-23(4)26/h11,14H,5-10,12-13,15-20H2,1-4H3,(H,25,27)/b14-11-,22-21-. The van der Waals surface area contributed by atoms with Crippen molar-refractivity contribution in [3.05, 3.63) is 23.3 Å². The van der Waals surface area contributed by atoms with Crippen molar-refractivity contribution >= 4 is 11.7 Å². The minimum atomic E-state index is 0.0765. The van der Waals surface area contributed by atoms with Crippen molar-refractivity contribution in [2.45, 2.75) is 111 Å². The zero-order valence-corrected chi connectivity index (χ0v) is 18.4. The molecule has 156 valence electrons. The Labute approximate surface area is 168 Å². The van der Waals surface area contributed by atoms with Gasteiger partial charge >= 0.3 is 0 Å². The van der Waals surface area contributed by atoms with Gasteiger partial charge in [0, 0.05) is 19.4 Å². The van der Waals surface area contributed by atoms with E-state index < -0.39 is 0 Å². The van der Waals surface area contributed by atoms with Crippen LogP contribution < -0.4 is 5.32 Å². The van der Waals surface area contributed by atoms with E-state index in [2.05, 4.69) is 38.2 Å². The monoisotopic (exact) mass is 377 g/mol. The number of rotatable bonds is 17. The minimum Gasteiger partial charge on any atom is -0.356 e. The molecule has 0 aliphatic carbocycles. The molecule has 0 aliphatic rings. The summed E-state index contributed by atoms with van der Waals surface area (Å²) in [5, 5.41) is 2.80. The summed E-state index contributed by atoms with van der Waals surface area (Å²) in [5.74, 6) is 0.199. The average Bonchev–Trinajstić information content (AvgIpc) is 2.62. The first-order valence-corrected chi connectivity index (χ1v) is 11.0. The number of nitrogens with one attached hydrogen (secondary N) is 1. The predicted molar refractivity (Wildman–Crippen MR) is 117 cm³/mol. The van der Waals surface area contributed by atoms with Crippen molar-refractivity contribution in [3.63, 3.8) is 0 Å². The lowest BCUT2D eigenvalue weighted by atomic mass is 10.0. The fraction of sp³-hybridized carbons (Fsp3) is 0.750. The topological polar surface area (TPSA) is 46.2 Å². The van der Waals surface area contributed by atoms with Crippen LogP contribution in [-0.4, -0.2) is 18.2 Å². The smallest absolute Gasteiger partial charge is 0.220 e. The lowest BCUT2D eigenvalue weighted by Crippen LogP contribution is -2.25. The molecule has 0 aliphatic heterocycles. The van der Waals surface area contributed by atoms with Crippen LogP contribution in [-0.2, 0) is 9.59 Å². The summed E-state index contributed by atoms with van der Waals surface area (Å²) in [6.45, 7) is 8.83. The number of hydrogen-bond acceptors (Lipinski definition) is 2. The fourth-order valence-electron chi connectivity index (χ4n) is 2.95. The molecule has 0 saturated heterocycles. The van der Waals surface area contributed by atoms with E-state index in [0.717, 1.165) is 25.7 Å². The summed E-state index contributed by atoms with van der Waals surface area (Å²) in [6.07, 6.45) is 18.9. The van der Waals surface area contributed by atoms with Crippen molar-refractivity contribution in [2.75, 3.05) is 6.54 Å². The molecule has 0 unspecified atom stereocenters. The summed E-state index contributed by atoms with van der Waals surface area (Å²) in [5.41, 5.74) is 3.10. The van der Waals surface area contributed by atoms with Crippen LogP contribution in [0.25, 0.3) is 0 Å². The van der Waals surface area contributed by atoms with Crippen molar-refractivity contribution in [2.24, 2.45) is 0 Å². The van der Waals surface area contributed by atoms with Gasteiger partial charge in [0.15, 0.2) is 0 Å². The van der Waals surface area contributed by atoms with Crippen LogP contribution in [0.1, 0.15) is 111 Å². The maximum atomic E-state index is 11.6. The van der Waals surface area contributed by atoms with E-state index in [9.17, 15) is 9.59 Å². The van der Waals surface area contributed by atoms with Gasteiger partial charge in [-0.3, -0.25) is 9.59 Å². The minimum absolute atomic E-state index is 0.0765. The first-order chi connectivity index (χ1) is 13.0. The number of ketones is 1. The van der Waals surface area contributed by atoms with Gasteiger partial charge in [-0.25, -0.2) is 0 Å². The molecule has 0 aromatic rings. The maximum Gasteiger partial charge on any atom is 0.220 e. The van der Waals surface area contributed by atoms with Gasteiger partial charge in [0.05, 0.1) is 0 Å². The molecule has 0 rings (SSSR count). The van der Waals surface area contributed by atoms with Gasteiger partial charge in [-0.05, 0) is 59.3 Å². The van der Waals surface area contributed by atoms with E-state index in [1.807, 2.05) is 0 Å². The molecular weight excluding hydrogens is 334 g/mol. The highest BCUT2D eigenvalue weighted by Crippen LogP contribution is 2.16. The first-order valence-electron chi connectivity index (χ1n) is 11.0. The maximum absolute atomic E-state index is 11.6. The van der Waals surface area contributed by atoms with Crippen LogP contribution in [0, 0.1) is 0 Å². The summed E-state index contributed by atoms with van der Waals surface area (Å²) in [7, 11) is 0. The van der Waals surface area contributed by atoms with Crippen LogP contribution in [0.15, 0.2) is 23.3 Å². The van der Waals surface area contributed by atoms with E-state index in [0.29, 0.717) is 19.4 Å². The Kier molecular flexibility index (Phi) is 17.1. The molecule has 0 bridgehead atoms. The van der Waals surface area contributed by atoms with Gasteiger partial charge in [-0.1, -0.05) is 62.3 Å². The third-order valence-electron chi connectivity index (χ3n) is 5.05. The predicted octanol–water partition coefficient (Wildman–Crippen LogP) is 6.68. The number of hydrogen-bond donors (Lipinski definition) is 1. The van der Waals surface area contributed by atoms with Gasteiger partial charge in [0.25, 0.3) is 0 Å². The van der Waals surface area contributed by atoms with Crippen molar-refractivity contribution in [1.29, 1.82) is 0 Å². The summed E-state index contributed by atoms with van der Waals surface area (Å²) in [4.78, 5) is 22.4. The molecule has 0 spiro atoms. The van der Waals surface area contributed by atoms with Gasteiger partial charge in [0.1, 0.15) is 5.78 Å². The van der Waals surface area contributed by atoms with Gasteiger partial charge < -0.3 is 5.32 Å². The SMILES string of the molecule is CCCCC/C(C)=C(/C)C/C=C\CCCCCCCC(=O)NCCC(C)=O. The average molecular weight is 378 g/mol. The van der Waals surface area contributed by atoms with Crippen LogP contribution in [0.3, 0.4) is 0 Å². The number of carbonyl (C=O) groups excluding carboxylic acids is 2. The molecule has 0 aromatic carbocycles. The Morgan fingerprint density at radius 2 is 1.41 bits per heavy atom. The first kappa shape index (κ1) is 25.6. The second kappa shape index (κ2) is 18.0. The second-order valence-corrected chi connectivity index (χ2v) is 7.80. The molecule has 0 radical (unpaired) electrons. The number of unbranched alkanes of at least 4 members (excludes halogenated alkanes) is 7. The van der Waals surface area contributed by atoms with Gasteiger partial charge in [-0.15, -0.1) is 0 Å². The lowest BCUT2D eigenvalue weighted by Gasteiger charge is -2.05. The highest BCUT2D eigenvalue weighted by Gasteiger charge is 2.01. The fourth-order valence-corrected chi connectivity index (χ4v) is 2.95. The third kappa shape index (κ3) is 17.8. The molecule has 0 atom stereocenters. The van der Waals surface area contributed by atoms with Crippen molar-refractivity contribution < 1.29 is 9.59 Å². The molecule has 0 aromatic heterocycles. The van der Waals surface area contributed by atoms with Crippen LogP contribution in [0.2, 0.25) is 0 Å². The molecule has 3 nitrogen and oxygen atoms in total. The molecule has 3 heteroatoms. The summed E-state index contributed by atoms with van der Waals surface area (Å²) in [6, 6.07) is 0. The van der Waals surface area contributed by atoms with Crippen molar-refractivity contribution in [1.82, 2.24) is 5.32 Å². The molecule has 0 fully saturated rings. The number of amides is 1. The molecule has 0 saturated carbocycles. The summed E-state index contributed by atoms with van der Waals surface area (Å²) >= 11 is 0.